The maximum absolute atomic E-state index is 13.6. The van der Waals surface area contributed by atoms with E-state index in [1.807, 2.05) is 0 Å². The number of unbranched alkanes of at least 4 members (excludes halogenated alkanes) is 1. The number of rotatable bonds is 7. The molecule has 0 spiro atoms. The molecule has 0 unspecified atom stereocenters. The fourth-order valence-electron chi connectivity index (χ4n) is 1.68. The molecular weight excluding hydrogens is 241 g/mol. The first kappa shape index (κ1) is 14.4. The monoisotopic (exact) mass is 259 g/mol. The lowest BCUT2D eigenvalue weighted by molar-refractivity contribution is 0.187. The van der Waals surface area contributed by atoms with Crippen molar-refractivity contribution in [3.63, 3.8) is 0 Å². The summed E-state index contributed by atoms with van der Waals surface area (Å²) in [5, 5.41) is 9.38. The second-order valence-electron chi connectivity index (χ2n) is 4.09. The maximum atomic E-state index is 13.6. The standard InChI is InChI=1S/C13H19ClFNO/c1-2-3-6-16(7-8-17)10-11-4-5-12(14)9-13(11)15/h4-5,9,17H,2-3,6-8,10H2,1H3. The Morgan fingerprint density at radius 1 is 1.35 bits per heavy atom. The highest BCUT2D eigenvalue weighted by Crippen LogP contribution is 2.16. The number of aliphatic hydroxyl groups excluding tert-OH is 1. The molecule has 1 aromatic rings. The van der Waals surface area contributed by atoms with E-state index < -0.39 is 0 Å². The summed E-state index contributed by atoms with van der Waals surface area (Å²) in [6.07, 6.45) is 2.14. The van der Waals surface area contributed by atoms with Gasteiger partial charge in [-0.15, -0.1) is 0 Å². The van der Waals surface area contributed by atoms with Crippen molar-refractivity contribution in [2.75, 3.05) is 19.7 Å². The van der Waals surface area contributed by atoms with Gasteiger partial charge in [-0.3, -0.25) is 4.90 Å². The van der Waals surface area contributed by atoms with Crippen molar-refractivity contribution in [3.8, 4) is 0 Å². The molecule has 2 nitrogen and oxygen atoms in total. The third-order valence-corrected chi connectivity index (χ3v) is 2.89. The lowest BCUT2D eigenvalue weighted by atomic mass is 10.2. The zero-order valence-corrected chi connectivity index (χ0v) is 10.9. The second kappa shape index (κ2) is 7.64. The van der Waals surface area contributed by atoms with E-state index in [9.17, 15) is 4.39 Å². The van der Waals surface area contributed by atoms with Crippen molar-refractivity contribution in [2.45, 2.75) is 26.3 Å². The number of nitrogens with zero attached hydrogens (tertiary/aromatic N) is 1. The fourth-order valence-corrected chi connectivity index (χ4v) is 1.84. The summed E-state index contributed by atoms with van der Waals surface area (Å²) >= 11 is 5.70. The van der Waals surface area contributed by atoms with Crippen LogP contribution in [0.4, 0.5) is 4.39 Å². The van der Waals surface area contributed by atoms with Crippen molar-refractivity contribution < 1.29 is 9.50 Å². The van der Waals surface area contributed by atoms with E-state index in [2.05, 4.69) is 11.8 Å². The summed E-state index contributed by atoms with van der Waals surface area (Å²) in [6.45, 7) is 4.17. The van der Waals surface area contributed by atoms with Crippen LogP contribution < -0.4 is 0 Å². The molecule has 0 radical (unpaired) electrons. The Kier molecular flexibility index (Phi) is 6.48. The van der Waals surface area contributed by atoms with Crippen LogP contribution in [0, 0.1) is 5.82 Å². The molecule has 0 aliphatic rings. The van der Waals surface area contributed by atoms with Crippen LogP contribution in [0.5, 0.6) is 0 Å². The molecule has 0 bridgehead atoms. The molecule has 0 heterocycles. The van der Waals surface area contributed by atoms with Crippen LogP contribution in [0.3, 0.4) is 0 Å². The van der Waals surface area contributed by atoms with Gasteiger partial charge in [0.1, 0.15) is 5.82 Å². The lowest BCUT2D eigenvalue weighted by Gasteiger charge is -2.21. The van der Waals surface area contributed by atoms with Crippen LogP contribution in [0.15, 0.2) is 18.2 Å². The van der Waals surface area contributed by atoms with Gasteiger partial charge in [0, 0.05) is 23.7 Å². The summed E-state index contributed by atoms with van der Waals surface area (Å²) in [5.74, 6) is -0.281. The summed E-state index contributed by atoms with van der Waals surface area (Å²) in [4.78, 5) is 2.05. The van der Waals surface area contributed by atoms with E-state index in [4.69, 9.17) is 16.7 Å². The molecule has 0 amide bonds. The van der Waals surface area contributed by atoms with Crippen molar-refractivity contribution in [3.05, 3.63) is 34.6 Å². The van der Waals surface area contributed by atoms with Crippen LogP contribution in [0.1, 0.15) is 25.3 Å². The molecular formula is C13H19ClFNO. The Morgan fingerprint density at radius 3 is 2.71 bits per heavy atom. The summed E-state index contributed by atoms with van der Waals surface area (Å²) in [5.41, 5.74) is 0.624. The third-order valence-electron chi connectivity index (χ3n) is 2.65. The molecule has 0 aliphatic heterocycles. The van der Waals surface area contributed by atoms with Crippen molar-refractivity contribution in [1.82, 2.24) is 4.90 Å². The molecule has 17 heavy (non-hydrogen) atoms. The van der Waals surface area contributed by atoms with Gasteiger partial charge in [-0.25, -0.2) is 4.39 Å². The molecule has 0 aliphatic carbocycles. The zero-order chi connectivity index (χ0) is 12.7. The molecule has 0 aromatic heterocycles. The number of benzene rings is 1. The van der Waals surface area contributed by atoms with Gasteiger partial charge in [-0.2, -0.15) is 0 Å². The number of hydrogen-bond acceptors (Lipinski definition) is 2. The highest BCUT2D eigenvalue weighted by atomic mass is 35.5. The topological polar surface area (TPSA) is 23.5 Å². The SMILES string of the molecule is CCCCN(CCO)Cc1ccc(Cl)cc1F. The smallest absolute Gasteiger partial charge is 0.129 e. The number of hydrogen-bond donors (Lipinski definition) is 1. The van der Waals surface area contributed by atoms with Crippen LogP contribution in [0.2, 0.25) is 5.02 Å². The summed E-state index contributed by atoms with van der Waals surface area (Å²) < 4.78 is 13.6. The van der Waals surface area contributed by atoms with Crippen molar-refractivity contribution in [2.24, 2.45) is 0 Å². The Labute approximate surface area is 107 Å². The van der Waals surface area contributed by atoms with E-state index >= 15 is 0 Å². The number of aliphatic hydroxyl groups is 1. The van der Waals surface area contributed by atoms with Crippen molar-refractivity contribution >= 4 is 11.6 Å². The molecule has 1 rings (SSSR count). The predicted octanol–water partition coefficient (Wildman–Crippen LogP) is 3.07. The van der Waals surface area contributed by atoms with Crippen LogP contribution in [0.25, 0.3) is 0 Å². The third kappa shape index (κ3) is 5.02. The first-order chi connectivity index (χ1) is 8.17. The molecule has 0 saturated carbocycles. The minimum atomic E-state index is -0.281. The van der Waals surface area contributed by atoms with E-state index in [1.54, 1.807) is 12.1 Å². The van der Waals surface area contributed by atoms with Gasteiger partial charge >= 0.3 is 0 Å². The second-order valence-corrected chi connectivity index (χ2v) is 4.53. The minimum Gasteiger partial charge on any atom is -0.395 e. The fraction of sp³-hybridized carbons (Fsp3) is 0.538. The molecule has 0 atom stereocenters. The molecule has 96 valence electrons. The molecule has 0 saturated heterocycles. The van der Waals surface area contributed by atoms with E-state index in [1.165, 1.54) is 6.07 Å². The Bertz CT molecular complexity index is 346. The Hall–Kier alpha value is -0.640. The normalized spacial score (nSPS) is 11.1. The van der Waals surface area contributed by atoms with Gasteiger partial charge in [0.2, 0.25) is 0 Å². The predicted molar refractivity (Wildman–Crippen MR) is 68.7 cm³/mol. The van der Waals surface area contributed by atoms with E-state index in [0.29, 0.717) is 23.7 Å². The van der Waals surface area contributed by atoms with Crippen LogP contribution in [-0.4, -0.2) is 29.7 Å². The van der Waals surface area contributed by atoms with Gasteiger partial charge in [-0.05, 0) is 25.1 Å². The van der Waals surface area contributed by atoms with Crippen LogP contribution in [-0.2, 0) is 6.54 Å². The summed E-state index contributed by atoms with van der Waals surface area (Å²) in [6, 6.07) is 4.72. The summed E-state index contributed by atoms with van der Waals surface area (Å²) in [7, 11) is 0. The zero-order valence-electron chi connectivity index (χ0n) is 10.1. The molecule has 1 N–H and O–H groups in total. The number of halogens is 2. The lowest BCUT2D eigenvalue weighted by Crippen LogP contribution is -2.28. The first-order valence-electron chi connectivity index (χ1n) is 5.94. The minimum absolute atomic E-state index is 0.0962. The molecule has 4 heteroatoms. The highest BCUT2D eigenvalue weighted by molar-refractivity contribution is 6.30. The van der Waals surface area contributed by atoms with Gasteiger partial charge in [0.25, 0.3) is 0 Å². The van der Waals surface area contributed by atoms with Gasteiger partial charge in [0.05, 0.1) is 6.61 Å². The Morgan fingerprint density at radius 2 is 2.12 bits per heavy atom. The average molecular weight is 260 g/mol. The first-order valence-corrected chi connectivity index (χ1v) is 6.32. The maximum Gasteiger partial charge on any atom is 0.129 e. The quantitative estimate of drug-likeness (QED) is 0.814. The van der Waals surface area contributed by atoms with E-state index in [-0.39, 0.29) is 12.4 Å². The van der Waals surface area contributed by atoms with Gasteiger partial charge in [-0.1, -0.05) is 31.0 Å². The molecule has 0 fully saturated rings. The van der Waals surface area contributed by atoms with Gasteiger partial charge < -0.3 is 5.11 Å². The Balaban J connectivity index is 2.64. The largest absolute Gasteiger partial charge is 0.395 e. The van der Waals surface area contributed by atoms with E-state index in [0.717, 1.165) is 19.4 Å². The van der Waals surface area contributed by atoms with Crippen molar-refractivity contribution in [1.29, 1.82) is 0 Å². The van der Waals surface area contributed by atoms with Crippen LogP contribution >= 0.6 is 11.6 Å². The molecule has 1 aromatic carbocycles. The average Bonchev–Trinajstić information content (AvgIpc) is 2.29. The van der Waals surface area contributed by atoms with Gasteiger partial charge in [0.15, 0.2) is 0 Å². The highest BCUT2D eigenvalue weighted by Gasteiger charge is 2.09.